The van der Waals surface area contributed by atoms with Gasteiger partial charge in [-0.25, -0.2) is 0 Å². The van der Waals surface area contributed by atoms with Gasteiger partial charge in [0, 0.05) is 29.2 Å². The lowest BCUT2D eigenvalue weighted by Gasteiger charge is -2.31. The number of aryl methyl sites for hydroxylation is 4. The molecule has 3 aromatic carbocycles. The highest BCUT2D eigenvalue weighted by molar-refractivity contribution is 6.30. The number of halogens is 1. The van der Waals surface area contributed by atoms with Crippen LogP contribution in [0.3, 0.4) is 0 Å². The Labute approximate surface area is 230 Å². The highest BCUT2D eigenvalue weighted by atomic mass is 35.5. The third-order valence-corrected chi connectivity index (χ3v) is 6.67. The summed E-state index contributed by atoms with van der Waals surface area (Å²) in [4.78, 5) is 43.1. The van der Waals surface area contributed by atoms with E-state index >= 15 is 0 Å². The summed E-state index contributed by atoms with van der Waals surface area (Å²) in [6.45, 7) is 10.0. The van der Waals surface area contributed by atoms with Crippen molar-refractivity contribution in [1.82, 2.24) is 0 Å². The summed E-state index contributed by atoms with van der Waals surface area (Å²) >= 11 is 6.06. The smallest absolute Gasteiger partial charge is 0.305 e. The zero-order valence-electron chi connectivity index (χ0n) is 22.7. The molecule has 0 aliphatic rings. The molecule has 0 heterocycles. The van der Waals surface area contributed by atoms with E-state index in [1.807, 2.05) is 64.1 Å². The second-order valence-electron chi connectivity index (χ2n) is 9.33. The molecule has 0 saturated carbocycles. The van der Waals surface area contributed by atoms with Crippen molar-refractivity contribution in [1.29, 1.82) is 0 Å². The van der Waals surface area contributed by atoms with Crippen LogP contribution in [0, 0.1) is 27.7 Å². The molecule has 0 saturated heterocycles. The van der Waals surface area contributed by atoms with Gasteiger partial charge in [-0.2, -0.15) is 0 Å². The molecule has 38 heavy (non-hydrogen) atoms. The van der Waals surface area contributed by atoms with Crippen molar-refractivity contribution in [3.8, 4) is 0 Å². The Hall–Kier alpha value is -3.64. The summed E-state index contributed by atoms with van der Waals surface area (Å²) < 4.78 is 5.07. The van der Waals surface area contributed by atoms with Crippen molar-refractivity contribution < 1.29 is 19.1 Å². The van der Waals surface area contributed by atoms with E-state index in [0.29, 0.717) is 35.8 Å². The topological polar surface area (TPSA) is 66.9 Å². The molecule has 7 heteroatoms. The molecule has 200 valence electrons. The van der Waals surface area contributed by atoms with E-state index in [0.717, 1.165) is 27.9 Å². The van der Waals surface area contributed by atoms with E-state index in [2.05, 4.69) is 0 Å². The van der Waals surface area contributed by atoms with Crippen LogP contribution in [-0.2, 0) is 14.3 Å². The Morgan fingerprint density at radius 1 is 0.763 bits per heavy atom. The predicted octanol–water partition coefficient (Wildman–Crippen LogP) is 6.60. The van der Waals surface area contributed by atoms with Crippen LogP contribution in [0.2, 0.25) is 5.02 Å². The summed E-state index contributed by atoms with van der Waals surface area (Å²) in [5.74, 6) is -0.826. The van der Waals surface area contributed by atoms with Crippen LogP contribution in [0.25, 0.3) is 0 Å². The van der Waals surface area contributed by atoms with E-state index in [-0.39, 0.29) is 30.7 Å². The molecule has 0 spiro atoms. The minimum Gasteiger partial charge on any atom is -0.466 e. The quantitative estimate of drug-likeness (QED) is 0.275. The lowest BCUT2D eigenvalue weighted by Crippen LogP contribution is -2.44. The minimum absolute atomic E-state index is 0.166. The largest absolute Gasteiger partial charge is 0.466 e. The molecule has 0 aromatic heterocycles. The second-order valence-corrected chi connectivity index (χ2v) is 9.77. The maximum atomic E-state index is 14.0. The SMILES string of the molecule is CCOC(=O)CCCN(C(=O)CN(C(=O)c1ccc(Cl)cc1)c1c(C)cccc1C)c1c(C)cccc1C. The van der Waals surface area contributed by atoms with Crippen molar-refractivity contribution in [3.63, 3.8) is 0 Å². The predicted molar refractivity (Wildman–Crippen MR) is 153 cm³/mol. The van der Waals surface area contributed by atoms with Gasteiger partial charge in [-0.15, -0.1) is 0 Å². The molecule has 0 atom stereocenters. The van der Waals surface area contributed by atoms with Crippen LogP contribution in [0.4, 0.5) is 11.4 Å². The maximum absolute atomic E-state index is 14.0. The molecule has 0 fully saturated rings. The first-order chi connectivity index (χ1) is 18.1. The number of carbonyl (C=O) groups is 3. The lowest BCUT2D eigenvalue weighted by molar-refractivity contribution is -0.143. The molecular formula is C31H35ClN2O4. The van der Waals surface area contributed by atoms with E-state index in [1.54, 1.807) is 41.0 Å². The van der Waals surface area contributed by atoms with Crippen molar-refractivity contribution in [3.05, 3.63) is 93.5 Å². The van der Waals surface area contributed by atoms with E-state index in [4.69, 9.17) is 16.3 Å². The highest BCUT2D eigenvalue weighted by Gasteiger charge is 2.28. The van der Waals surface area contributed by atoms with Crippen molar-refractivity contribution in [2.24, 2.45) is 0 Å². The zero-order valence-corrected chi connectivity index (χ0v) is 23.5. The number of amides is 2. The highest BCUT2D eigenvalue weighted by Crippen LogP contribution is 2.29. The number of rotatable bonds is 10. The van der Waals surface area contributed by atoms with Gasteiger partial charge < -0.3 is 9.64 Å². The lowest BCUT2D eigenvalue weighted by atomic mass is 10.1. The molecule has 0 aliphatic carbocycles. The summed E-state index contributed by atoms with van der Waals surface area (Å²) in [6.07, 6.45) is 0.639. The molecule has 2 amide bonds. The Balaban J connectivity index is 2.01. The number of anilines is 2. The number of nitrogens with zero attached hydrogens (tertiary/aromatic N) is 2. The van der Waals surface area contributed by atoms with Crippen molar-refractivity contribution >= 4 is 40.8 Å². The van der Waals surface area contributed by atoms with Crippen LogP contribution in [0.5, 0.6) is 0 Å². The van der Waals surface area contributed by atoms with Gasteiger partial charge in [-0.05, 0) is 87.6 Å². The third-order valence-electron chi connectivity index (χ3n) is 6.42. The first-order valence-corrected chi connectivity index (χ1v) is 13.2. The van der Waals surface area contributed by atoms with Crippen LogP contribution < -0.4 is 9.80 Å². The van der Waals surface area contributed by atoms with Crippen LogP contribution in [0.1, 0.15) is 52.4 Å². The number of carbonyl (C=O) groups excluding carboxylic acids is 3. The van der Waals surface area contributed by atoms with Gasteiger partial charge in [0.1, 0.15) is 6.54 Å². The van der Waals surface area contributed by atoms with Gasteiger partial charge in [0.25, 0.3) is 5.91 Å². The molecule has 0 N–H and O–H groups in total. The molecular weight excluding hydrogens is 500 g/mol. The summed E-state index contributed by atoms with van der Waals surface area (Å²) in [5.41, 5.74) is 5.60. The monoisotopic (exact) mass is 534 g/mol. The van der Waals surface area contributed by atoms with Crippen LogP contribution >= 0.6 is 11.6 Å². The van der Waals surface area contributed by atoms with Gasteiger partial charge in [0.2, 0.25) is 5.91 Å². The molecule has 0 bridgehead atoms. The number of ether oxygens (including phenoxy) is 1. The second kappa shape index (κ2) is 13.2. The van der Waals surface area contributed by atoms with E-state index in [9.17, 15) is 14.4 Å². The average molecular weight is 535 g/mol. The Kier molecular flexibility index (Phi) is 10.1. The van der Waals surface area contributed by atoms with Gasteiger partial charge in [0.15, 0.2) is 0 Å². The normalized spacial score (nSPS) is 10.7. The number of hydrogen-bond donors (Lipinski definition) is 0. The van der Waals surface area contributed by atoms with Crippen molar-refractivity contribution in [2.45, 2.75) is 47.5 Å². The maximum Gasteiger partial charge on any atom is 0.305 e. The molecule has 3 aromatic rings. The Morgan fingerprint density at radius 2 is 1.26 bits per heavy atom. The molecule has 3 rings (SSSR count). The Bertz CT molecular complexity index is 1260. The summed E-state index contributed by atoms with van der Waals surface area (Å²) in [6, 6.07) is 18.3. The average Bonchev–Trinajstić information content (AvgIpc) is 2.87. The van der Waals surface area contributed by atoms with E-state index < -0.39 is 0 Å². The number of para-hydroxylation sites is 2. The Morgan fingerprint density at radius 3 is 1.76 bits per heavy atom. The first-order valence-electron chi connectivity index (χ1n) is 12.8. The van der Waals surface area contributed by atoms with Gasteiger partial charge in [0.05, 0.1) is 12.3 Å². The first kappa shape index (κ1) is 28.9. The van der Waals surface area contributed by atoms with Gasteiger partial charge >= 0.3 is 5.97 Å². The third kappa shape index (κ3) is 7.01. The van der Waals surface area contributed by atoms with Gasteiger partial charge in [-0.3, -0.25) is 19.3 Å². The molecule has 0 radical (unpaired) electrons. The molecule has 0 unspecified atom stereocenters. The standard InChI is InChI=1S/C31H35ClN2O4/c1-6-38-28(36)14-9-19-33(29-21(2)10-7-11-22(29)3)27(35)20-34(30-23(4)12-8-13-24(30)5)31(37)25-15-17-26(32)18-16-25/h7-8,10-13,15-18H,6,9,14,19-20H2,1-5H3. The van der Waals surface area contributed by atoms with Gasteiger partial charge in [-0.1, -0.05) is 48.0 Å². The summed E-state index contributed by atoms with van der Waals surface area (Å²) in [5, 5.41) is 0.527. The molecule has 0 aliphatic heterocycles. The van der Waals surface area contributed by atoms with Crippen LogP contribution in [0.15, 0.2) is 60.7 Å². The number of hydrogen-bond acceptors (Lipinski definition) is 4. The van der Waals surface area contributed by atoms with Crippen LogP contribution in [-0.4, -0.2) is 37.5 Å². The fourth-order valence-electron chi connectivity index (χ4n) is 4.66. The number of benzene rings is 3. The summed E-state index contributed by atoms with van der Waals surface area (Å²) in [7, 11) is 0. The zero-order chi connectivity index (χ0) is 27.8. The number of esters is 1. The van der Waals surface area contributed by atoms with Crippen molar-refractivity contribution in [2.75, 3.05) is 29.5 Å². The fraction of sp³-hybridized carbons (Fsp3) is 0.323. The molecule has 6 nitrogen and oxygen atoms in total. The minimum atomic E-state index is -0.295. The van der Waals surface area contributed by atoms with E-state index in [1.165, 1.54) is 0 Å². The fourth-order valence-corrected chi connectivity index (χ4v) is 4.79.